The van der Waals surface area contributed by atoms with Crippen molar-refractivity contribution in [3.63, 3.8) is 0 Å². The first-order valence-electron chi connectivity index (χ1n) is 7.31. The highest BCUT2D eigenvalue weighted by Gasteiger charge is 2.15. The fraction of sp³-hybridized carbons (Fsp3) is 0.278. The van der Waals surface area contributed by atoms with Gasteiger partial charge in [0.05, 0.1) is 6.04 Å². The van der Waals surface area contributed by atoms with E-state index in [2.05, 4.69) is 11.4 Å². The number of aryl methyl sites for hydroxylation is 2. The third-order valence-corrected chi connectivity index (χ3v) is 4.29. The fourth-order valence-corrected chi connectivity index (χ4v) is 3.05. The van der Waals surface area contributed by atoms with E-state index in [9.17, 15) is 4.79 Å². The van der Waals surface area contributed by atoms with Crippen molar-refractivity contribution in [3.05, 3.63) is 69.7 Å². The molecule has 0 heterocycles. The van der Waals surface area contributed by atoms with Crippen LogP contribution in [0.3, 0.4) is 0 Å². The summed E-state index contributed by atoms with van der Waals surface area (Å²) >= 11 is 5.99. The van der Waals surface area contributed by atoms with E-state index in [4.69, 9.17) is 11.6 Å². The van der Waals surface area contributed by atoms with Crippen molar-refractivity contribution in [3.8, 4) is 0 Å². The quantitative estimate of drug-likeness (QED) is 0.898. The number of rotatable bonds is 3. The van der Waals surface area contributed by atoms with Crippen LogP contribution in [0.15, 0.2) is 42.5 Å². The Morgan fingerprint density at radius 3 is 2.76 bits per heavy atom. The lowest BCUT2D eigenvalue weighted by molar-refractivity contribution is 0.0940. The molecule has 3 heteroatoms. The molecule has 0 saturated heterocycles. The number of halogens is 1. The second kappa shape index (κ2) is 5.90. The largest absolute Gasteiger partial charge is 0.346 e. The number of carbonyl (C=O) groups is 1. The summed E-state index contributed by atoms with van der Waals surface area (Å²) < 4.78 is 0. The Balaban J connectivity index is 1.74. The number of carbonyl (C=O) groups excluding carboxylic acids is 1. The average molecular weight is 300 g/mol. The zero-order valence-corrected chi connectivity index (χ0v) is 12.8. The van der Waals surface area contributed by atoms with Crippen molar-refractivity contribution in [1.29, 1.82) is 0 Å². The third kappa shape index (κ3) is 3.11. The molecule has 1 amide bonds. The molecule has 0 radical (unpaired) electrons. The average Bonchev–Trinajstić information content (AvgIpc) is 2.94. The first-order valence-corrected chi connectivity index (χ1v) is 7.69. The maximum Gasteiger partial charge on any atom is 0.251 e. The summed E-state index contributed by atoms with van der Waals surface area (Å²) in [5.41, 5.74) is 4.45. The highest BCUT2D eigenvalue weighted by molar-refractivity contribution is 6.30. The number of nitrogens with one attached hydrogen (secondary N) is 1. The van der Waals surface area contributed by atoms with Gasteiger partial charge < -0.3 is 5.32 Å². The molecule has 1 atom stereocenters. The molecule has 0 saturated carbocycles. The SMILES string of the molecule is C[C@H](NC(=O)c1ccc2c(c1)CCC2)c1cccc(Cl)c1. The summed E-state index contributed by atoms with van der Waals surface area (Å²) in [5, 5.41) is 3.72. The predicted molar refractivity (Wildman–Crippen MR) is 85.8 cm³/mol. The normalized spacial score (nSPS) is 14.6. The maximum atomic E-state index is 12.4. The number of benzene rings is 2. The van der Waals surface area contributed by atoms with Gasteiger partial charge in [-0.15, -0.1) is 0 Å². The molecular weight excluding hydrogens is 282 g/mol. The van der Waals surface area contributed by atoms with Gasteiger partial charge in [-0.3, -0.25) is 4.79 Å². The van der Waals surface area contributed by atoms with Crippen molar-refractivity contribution in [2.75, 3.05) is 0 Å². The van der Waals surface area contributed by atoms with Crippen molar-refractivity contribution in [2.45, 2.75) is 32.2 Å². The predicted octanol–water partition coefficient (Wildman–Crippen LogP) is 4.32. The van der Waals surface area contributed by atoms with Crippen molar-refractivity contribution < 1.29 is 4.79 Å². The maximum absolute atomic E-state index is 12.4. The standard InChI is InChI=1S/C18H18ClNO/c1-12(14-5-3-7-17(19)11-14)20-18(21)16-9-8-13-4-2-6-15(13)10-16/h3,5,7-12H,2,4,6H2,1H3,(H,20,21)/t12-/m0/s1. The molecule has 0 spiro atoms. The van der Waals surface area contributed by atoms with E-state index in [1.807, 2.05) is 43.3 Å². The smallest absolute Gasteiger partial charge is 0.251 e. The van der Waals surface area contributed by atoms with Gasteiger partial charge in [0.1, 0.15) is 0 Å². The Morgan fingerprint density at radius 1 is 1.14 bits per heavy atom. The van der Waals surface area contributed by atoms with Gasteiger partial charge >= 0.3 is 0 Å². The molecule has 1 N–H and O–H groups in total. The summed E-state index contributed by atoms with van der Waals surface area (Å²) in [6, 6.07) is 13.6. The molecular formula is C18H18ClNO. The molecule has 2 aromatic rings. The summed E-state index contributed by atoms with van der Waals surface area (Å²) in [5.74, 6) is -0.0304. The molecule has 1 aliphatic carbocycles. The molecule has 0 unspecified atom stereocenters. The van der Waals surface area contributed by atoms with E-state index in [0.29, 0.717) is 5.02 Å². The molecule has 1 aliphatic rings. The highest BCUT2D eigenvalue weighted by Crippen LogP contribution is 2.23. The van der Waals surface area contributed by atoms with E-state index in [0.717, 1.165) is 24.0 Å². The van der Waals surface area contributed by atoms with Gasteiger partial charge in [0.25, 0.3) is 5.91 Å². The molecule has 21 heavy (non-hydrogen) atoms. The first-order chi connectivity index (χ1) is 10.1. The molecule has 108 valence electrons. The van der Waals surface area contributed by atoms with Gasteiger partial charge in [0, 0.05) is 10.6 Å². The lowest BCUT2D eigenvalue weighted by Gasteiger charge is -2.15. The summed E-state index contributed by atoms with van der Waals surface area (Å²) in [7, 11) is 0. The second-order valence-electron chi connectivity index (χ2n) is 5.59. The van der Waals surface area contributed by atoms with E-state index < -0.39 is 0 Å². The Hall–Kier alpha value is -1.80. The Morgan fingerprint density at radius 2 is 1.95 bits per heavy atom. The summed E-state index contributed by atoms with van der Waals surface area (Å²) in [6.45, 7) is 1.97. The third-order valence-electron chi connectivity index (χ3n) is 4.06. The fourth-order valence-electron chi connectivity index (χ4n) is 2.85. The van der Waals surface area contributed by atoms with Gasteiger partial charge in [0.2, 0.25) is 0 Å². The number of fused-ring (bicyclic) bond motifs is 1. The second-order valence-corrected chi connectivity index (χ2v) is 6.02. The van der Waals surface area contributed by atoms with E-state index in [1.165, 1.54) is 17.5 Å². The van der Waals surface area contributed by atoms with Crippen molar-refractivity contribution >= 4 is 17.5 Å². The molecule has 0 fully saturated rings. The summed E-state index contributed by atoms with van der Waals surface area (Å²) in [4.78, 5) is 12.4. The van der Waals surface area contributed by atoms with Crippen LogP contribution in [0.5, 0.6) is 0 Å². The lowest BCUT2D eigenvalue weighted by Crippen LogP contribution is -2.26. The zero-order valence-electron chi connectivity index (χ0n) is 12.0. The lowest BCUT2D eigenvalue weighted by atomic mass is 10.0. The van der Waals surface area contributed by atoms with Gasteiger partial charge in [-0.2, -0.15) is 0 Å². The molecule has 2 nitrogen and oxygen atoms in total. The van der Waals surface area contributed by atoms with Crippen LogP contribution >= 0.6 is 11.6 Å². The minimum absolute atomic E-state index is 0.0304. The number of amides is 1. The van der Waals surface area contributed by atoms with Crippen LogP contribution in [0.1, 0.15) is 46.4 Å². The Bertz CT molecular complexity index is 681. The zero-order chi connectivity index (χ0) is 14.8. The highest BCUT2D eigenvalue weighted by atomic mass is 35.5. The summed E-state index contributed by atoms with van der Waals surface area (Å²) in [6.07, 6.45) is 3.41. The van der Waals surface area contributed by atoms with Gasteiger partial charge in [0.15, 0.2) is 0 Å². The molecule has 3 rings (SSSR count). The molecule has 0 aromatic heterocycles. The Labute approximate surface area is 130 Å². The molecule has 0 aliphatic heterocycles. The van der Waals surface area contributed by atoms with Gasteiger partial charge in [-0.05, 0) is 67.1 Å². The minimum Gasteiger partial charge on any atom is -0.346 e. The van der Waals surface area contributed by atoms with Crippen LogP contribution in [-0.2, 0) is 12.8 Å². The number of hydrogen-bond donors (Lipinski definition) is 1. The van der Waals surface area contributed by atoms with Gasteiger partial charge in [-0.25, -0.2) is 0 Å². The van der Waals surface area contributed by atoms with Gasteiger partial charge in [-0.1, -0.05) is 29.8 Å². The van der Waals surface area contributed by atoms with Crippen LogP contribution in [0.4, 0.5) is 0 Å². The number of hydrogen-bond acceptors (Lipinski definition) is 1. The van der Waals surface area contributed by atoms with Crippen LogP contribution in [0.2, 0.25) is 5.02 Å². The van der Waals surface area contributed by atoms with Crippen LogP contribution in [0.25, 0.3) is 0 Å². The Kier molecular flexibility index (Phi) is 3.98. The van der Waals surface area contributed by atoms with E-state index >= 15 is 0 Å². The molecule has 0 bridgehead atoms. The van der Waals surface area contributed by atoms with Crippen LogP contribution < -0.4 is 5.32 Å². The minimum atomic E-state index is -0.0653. The van der Waals surface area contributed by atoms with E-state index in [1.54, 1.807) is 0 Å². The molecule has 2 aromatic carbocycles. The van der Waals surface area contributed by atoms with Crippen LogP contribution in [0, 0.1) is 0 Å². The van der Waals surface area contributed by atoms with Crippen molar-refractivity contribution in [1.82, 2.24) is 5.32 Å². The van der Waals surface area contributed by atoms with E-state index in [-0.39, 0.29) is 11.9 Å². The van der Waals surface area contributed by atoms with Crippen LogP contribution in [-0.4, -0.2) is 5.91 Å². The topological polar surface area (TPSA) is 29.1 Å². The monoisotopic (exact) mass is 299 g/mol. The van der Waals surface area contributed by atoms with Crippen molar-refractivity contribution in [2.24, 2.45) is 0 Å². The first kappa shape index (κ1) is 14.2.